The van der Waals surface area contributed by atoms with Crippen LogP contribution in [-0.4, -0.2) is 25.8 Å². The van der Waals surface area contributed by atoms with Crippen LogP contribution in [0, 0.1) is 10.1 Å². The summed E-state index contributed by atoms with van der Waals surface area (Å²) in [4.78, 5) is 20.5. The van der Waals surface area contributed by atoms with Crippen LogP contribution in [0.5, 0.6) is 0 Å². The number of rotatable bonds is 3. The molecule has 1 aromatic carbocycles. The van der Waals surface area contributed by atoms with Crippen molar-refractivity contribution < 1.29 is 14.8 Å². The number of nitro groups is 1. The summed E-state index contributed by atoms with van der Waals surface area (Å²) >= 11 is 0. The second-order valence-electron chi connectivity index (χ2n) is 3.20. The quantitative estimate of drug-likeness (QED) is 0.616. The highest BCUT2D eigenvalue weighted by atomic mass is 16.6. The standard InChI is InChI=1S/C9H7N3O4/c13-9(14)5-11-8-2-1-7(12(15)16)3-6(8)4-10-11/h1-4H,5H2,(H,13,14). The van der Waals surface area contributed by atoms with Crippen molar-refractivity contribution in [2.24, 2.45) is 0 Å². The van der Waals surface area contributed by atoms with Crippen LogP contribution in [0.1, 0.15) is 0 Å². The lowest BCUT2D eigenvalue weighted by atomic mass is 10.2. The molecule has 16 heavy (non-hydrogen) atoms. The van der Waals surface area contributed by atoms with Gasteiger partial charge in [0, 0.05) is 17.5 Å². The van der Waals surface area contributed by atoms with Crippen molar-refractivity contribution in [1.82, 2.24) is 9.78 Å². The van der Waals surface area contributed by atoms with Crippen LogP contribution in [0.2, 0.25) is 0 Å². The molecule has 0 bridgehead atoms. The Morgan fingerprint density at radius 2 is 2.31 bits per heavy atom. The van der Waals surface area contributed by atoms with Crippen molar-refractivity contribution in [1.29, 1.82) is 0 Å². The summed E-state index contributed by atoms with van der Waals surface area (Å²) in [6.07, 6.45) is 1.41. The molecule has 0 spiro atoms. The van der Waals surface area contributed by atoms with E-state index >= 15 is 0 Å². The van der Waals surface area contributed by atoms with Gasteiger partial charge in [-0.05, 0) is 6.07 Å². The van der Waals surface area contributed by atoms with Gasteiger partial charge in [0.05, 0.1) is 16.6 Å². The van der Waals surface area contributed by atoms with E-state index < -0.39 is 10.9 Å². The lowest BCUT2D eigenvalue weighted by molar-refractivity contribution is -0.384. The molecule has 0 aliphatic rings. The van der Waals surface area contributed by atoms with Crippen LogP contribution in [0.4, 0.5) is 5.69 Å². The van der Waals surface area contributed by atoms with Crippen LogP contribution in [0.25, 0.3) is 10.9 Å². The first-order chi connectivity index (χ1) is 7.58. The summed E-state index contributed by atoms with van der Waals surface area (Å²) in [5, 5.41) is 23.5. The van der Waals surface area contributed by atoms with E-state index in [2.05, 4.69) is 5.10 Å². The lowest BCUT2D eigenvalue weighted by Crippen LogP contribution is -2.09. The zero-order chi connectivity index (χ0) is 11.7. The highest BCUT2D eigenvalue weighted by molar-refractivity contribution is 5.82. The first-order valence-corrected chi connectivity index (χ1v) is 4.39. The van der Waals surface area contributed by atoms with Gasteiger partial charge in [0.2, 0.25) is 0 Å². The minimum atomic E-state index is -1.01. The van der Waals surface area contributed by atoms with Gasteiger partial charge in [-0.2, -0.15) is 5.10 Å². The minimum absolute atomic E-state index is 0.0395. The van der Waals surface area contributed by atoms with Gasteiger partial charge in [0.1, 0.15) is 6.54 Å². The number of benzene rings is 1. The second-order valence-corrected chi connectivity index (χ2v) is 3.20. The van der Waals surface area contributed by atoms with E-state index in [1.165, 1.54) is 29.1 Å². The maximum absolute atomic E-state index is 10.5. The van der Waals surface area contributed by atoms with Crippen LogP contribution in [-0.2, 0) is 11.3 Å². The Hall–Kier alpha value is -2.44. The Labute approximate surface area is 89.1 Å². The molecular formula is C9H7N3O4. The Bertz CT molecular complexity index is 575. The van der Waals surface area contributed by atoms with Crippen molar-refractivity contribution in [3.63, 3.8) is 0 Å². The average Bonchev–Trinajstić information content (AvgIpc) is 2.60. The number of hydrogen-bond acceptors (Lipinski definition) is 4. The molecule has 2 rings (SSSR count). The number of nitro benzene ring substituents is 1. The number of carboxylic acid groups (broad SMARTS) is 1. The van der Waals surface area contributed by atoms with Crippen LogP contribution in [0.3, 0.4) is 0 Å². The molecule has 1 N–H and O–H groups in total. The monoisotopic (exact) mass is 221 g/mol. The highest BCUT2D eigenvalue weighted by Crippen LogP contribution is 2.20. The molecule has 2 aromatic rings. The molecule has 82 valence electrons. The van der Waals surface area contributed by atoms with E-state index in [9.17, 15) is 14.9 Å². The second kappa shape index (κ2) is 3.61. The zero-order valence-electron chi connectivity index (χ0n) is 8.03. The van der Waals surface area contributed by atoms with Crippen molar-refractivity contribution in [2.45, 2.75) is 6.54 Å². The average molecular weight is 221 g/mol. The molecule has 0 saturated carbocycles. The summed E-state index contributed by atoms with van der Waals surface area (Å²) in [6.45, 7) is -0.263. The summed E-state index contributed by atoms with van der Waals surface area (Å²) in [6, 6.07) is 4.17. The fourth-order valence-corrected chi connectivity index (χ4v) is 1.44. The van der Waals surface area contributed by atoms with E-state index in [0.717, 1.165) is 0 Å². The Morgan fingerprint density at radius 1 is 1.56 bits per heavy atom. The van der Waals surface area contributed by atoms with E-state index in [0.29, 0.717) is 10.9 Å². The third kappa shape index (κ3) is 1.70. The summed E-state index contributed by atoms with van der Waals surface area (Å²) in [5.41, 5.74) is 0.523. The van der Waals surface area contributed by atoms with Crippen molar-refractivity contribution >= 4 is 22.6 Å². The molecule has 7 nitrogen and oxygen atoms in total. The minimum Gasteiger partial charge on any atom is -0.480 e. The van der Waals surface area contributed by atoms with E-state index in [-0.39, 0.29) is 12.2 Å². The van der Waals surface area contributed by atoms with Crippen molar-refractivity contribution in [3.05, 3.63) is 34.5 Å². The topological polar surface area (TPSA) is 98.3 Å². The van der Waals surface area contributed by atoms with Gasteiger partial charge >= 0.3 is 5.97 Å². The molecule has 7 heteroatoms. The summed E-state index contributed by atoms with van der Waals surface area (Å²) in [7, 11) is 0. The first kappa shape index (κ1) is 10.1. The number of nitrogens with zero attached hydrogens (tertiary/aromatic N) is 3. The molecule has 0 radical (unpaired) electrons. The number of aliphatic carboxylic acids is 1. The Kier molecular flexibility index (Phi) is 2.28. The van der Waals surface area contributed by atoms with Crippen LogP contribution >= 0.6 is 0 Å². The Balaban J connectivity index is 2.50. The van der Waals surface area contributed by atoms with Gasteiger partial charge < -0.3 is 5.11 Å². The van der Waals surface area contributed by atoms with Gasteiger partial charge in [-0.25, -0.2) is 0 Å². The molecule has 1 heterocycles. The lowest BCUT2D eigenvalue weighted by Gasteiger charge is -1.98. The molecular weight excluding hydrogens is 214 g/mol. The van der Waals surface area contributed by atoms with Crippen molar-refractivity contribution in [2.75, 3.05) is 0 Å². The smallest absolute Gasteiger partial charge is 0.325 e. The van der Waals surface area contributed by atoms with Gasteiger partial charge in [-0.1, -0.05) is 0 Å². The number of non-ortho nitro benzene ring substituents is 1. The summed E-state index contributed by atoms with van der Waals surface area (Å²) in [5.74, 6) is -1.01. The number of aromatic nitrogens is 2. The third-order valence-electron chi connectivity index (χ3n) is 2.12. The van der Waals surface area contributed by atoms with Crippen LogP contribution in [0.15, 0.2) is 24.4 Å². The van der Waals surface area contributed by atoms with E-state index in [1.54, 1.807) is 0 Å². The van der Waals surface area contributed by atoms with Gasteiger partial charge in [-0.3, -0.25) is 19.6 Å². The fourth-order valence-electron chi connectivity index (χ4n) is 1.44. The van der Waals surface area contributed by atoms with Crippen molar-refractivity contribution in [3.8, 4) is 0 Å². The largest absolute Gasteiger partial charge is 0.480 e. The number of carbonyl (C=O) groups is 1. The molecule has 0 fully saturated rings. The van der Waals surface area contributed by atoms with E-state index in [4.69, 9.17) is 5.11 Å². The molecule has 1 aromatic heterocycles. The maximum atomic E-state index is 10.5. The fraction of sp³-hybridized carbons (Fsp3) is 0.111. The first-order valence-electron chi connectivity index (χ1n) is 4.39. The zero-order valence-corrected chi connectivity index (χ0v) is 8.03. The number of fused-ring (bicyclic) bond motifs is 1. The van der Waals surface area contributed by atoms with Crippen LogP contribution < -0.4 is 0 Å². The Morgan fingerprint density at radius 3 is 2.94 bits per heavy atom. The summed E-state index contributed by atoms with van der Waals surface area (Å²) < 4.78 is 1.28. The molecule has 0 unspecified atom stereocenters. The maximum Gasteiger partial charge on any atom is 0.325 e. The van der Waals surface area contributed by atoms with E-state index in [1.807, 2.05) is 0 Å². The molecule has 0 amide bonds. The predicted octanol–water partition coefficient (Wildman–Crippen LogP) is 1.03. The van der Waals surface area contributed by atoms with Gasteiger partial charge in [0.15, 0.2) is 0 Å². The normalized spacial score (nSPS) is 10.5. The molecule has 0 saturated heterocycles. The van der Waals surface area contributed by atoms with Gasteiger partial charge in [0.25, 0.3) is 5.69 Å². The number of hydrogen-bond donors (Lipinski definition) is 1. The molecule has 0 atom stereocenters. The SMILES string of the molecule is O=C(O)Cn1ncc2cc([N+](=O)[O-])ccc21. The highest BCUT2D eigenvalue weighted by Gasteiger charge is 2.10. The molecule has 0 aliphatic heterocycles. The third-order valence-corrected chi connectivity index (χ3v) is 2.12. The van der Waals surface area contributed by atoms with Gasteiger partial charge in [-0.15, -0.1) is 0 Å². The number of carboxylic acids is 1. The molecule has 0 aliphatic carbocycles. The predicted molar refractivity (Wildman–Crippen MR) is 54.0 cm³/mol.